The minimum absolute atomic E-state index is 0.859. The third-order valence-corrected chi connectivity index (χ3v) is 4.29. The Morgan fingerprint density at radius 1 is 1.00 bits per heavy atom. The lowest BCUT2D eigenvalue weighted by atomic mass is 10.0. The highest BCUT2D eigenvalue weighted by Crippen LogP contribution is 2.29. The van der Waals surface area contributed by atoms with Crippen molar-refractivity contribution in [2.45, 2.75) is 46.0 Å². The van der Waals surface area contributed by atoms with Crippen LogP contribution < -0.4 is 5.32 Å². The van der Waals surface area contributed by atoms with Crippen LogP contribution in [0.3, 0.4) is 0 Å². The Kier molecular flexibility index (Phi) is 3.91. The van der Waals surface area contributed by atoms with Crippen LogP contribution in [-0.2, 0) is 12.8 Å². The first kappa shape index (κ1) is 14.1. The number of aromatic nitrogens is 2. The Bertz CT molecular complexity index is 662. The second-order valence-electron chi connectivity index (χ2n) is 5.95. The molecular formula is C18H23N3. The topological polar surface area (TPSA) is 37.8 Å². The van der Waals surface area contributed by atoms with E-state index >= 15 is 0 Å². The molecule has 1 aliphatic carbocycles. The highest BCUT2D eigenvalue weighted by Gasteiger charge is 2.17. The molecule has 1 aromatic carbocycles. The Morgan fingerprint density at radius 3 is 2.57 bits per heavy atom. The Morgan fingerprint density at radius 2 is 1.81 bits per heavy atom. The average Bonchev–Trinajstić information content (AvgIpc) is 2.71. The molecule has 3 nitrogen and oxygen atoms in total. The fourth-order valence-corrected chi connectivity index (χ4v) is 3.16. The lowest BCUT2D eigenvalue weighted by Crippen LogP contribution is -2.07. The smallest absolute Gasteiger partial charge is 0.162 e. The number of nitrogens with one attached hydrogen (secondary N) is 1. The summed E-state index contributed by atoms with van der Waals surface area (Å²) in [5.41, 5.74) is 6.22. The lowest BCUT2D eigenvalue weighted by Gasteiger charge is -2.14. The molecule has 3 rings (SSSR count). The molecule has 0 atom stereocenters. The van der Waals surface area contributed by atoms with Crippen molar-refractivity contribution in [2.24, 2.45) is 0 Å². The third-order valence-electron chi connectivity index (χ3n) is 4.29. The van der Waals surface area contributed by atoms with Crippen LogP contribution >= 0.6 is 0 Å². The molecular weight excluding hydrogens is 258 g/mol. The Hall–Kier alpha value is -1.90. The molecule has 3 heteroatoms. The fraction of sp³-hybridized carbons (Fsp3) is 0.444. The van der Waals surface area contributed by atoms with E-state index in [-0.39, 0.29) is 0 Å². The van der Waals surface area contributed by atoms with Gasteiger partial charge in [-0.15, -0.1) is 0 Å². The predicted octanol–water partition coefficient (Wildman–Crippen LogP) is 4.07. The molecule has 2 aromatic rings. The molecule has 1 aliphatic rings. The maximum atomic E-state index is 4.89. The number of hydrogen-bond donors (Lipinski definition) is 1. The van der Waals surface area contributed by atoms with Crippen LogP contribution in [0.4, 0.5) is 5.82 Å². The van der Waals surface area contributed by atoms with Gasteiger partial charge >= 0.3 is 0 Å². The van der Waals surface area contributed by atoms with Gasteiger partial charge in [0.2, 0.25) is 0 Å². The Balaban J connectivity index is 2.13. The zero-order valence-corrected chi connectivity index (χ0v) is 13.2. The molecule has 0 amide bonds. The van der Waals surface area contributed by atoms with Crippen LogP contribution in [-0.4, -0.2) is 17.0 Å². The van der Waals surface area contributed by atoms with E-state index < -0.39 is 0 Å². The summed E-state index contributed by atoms with van der Waals surface area (Å²) in [6.07, 6.45) is 5.94. The molecule has 21 heavy (non-hydrogen) atoms. The largest absolute Gasteiger partial charge is 0.373 e. The molecule has 1 N–H and O–H groups in total. The van der Waals surface area contributed by atoms with Crippen LogP contribution in [0.2, 0.25) is 0 Å². The summed E-state index contributed by atoms with van der Waals surface area (Å²) >= 11 is 0. The number of benzene rings is 1. The second kappa shape index (κ2) is 5.84. The molecule has 0 aliphatic heterocycles. The van der Waals surface area contributed by atoms with Crippen LogP contribution in [0.5, 0.6) is 0 Å². The maximum absolute atomic E-state index is 4.89. The normalized spacial score (nSPS) is 14.4. The number of fused-ring (bicyclic) bond motifs is 1. The minimum Gasteiger partial charge on any atom is -0.373 e. The molecule has 1 heterocycles. The summed E-state index contributed by atoms with van der Waals surface area (Å²) in [7, 11) is 1.96. The van der Waals surface area contributed by atoms with Crippen molar-refractivity contribution in [3.63, 3.8) is 0 Å². The SMILES string of the molecule is CNc1nc(-c2ccc(C)cc2C)nc2c1CCCCC2. The first-order chi connectivity index (χ1) is 10.2. The number of anilines is 1. The van der Waals surface area contributed by atoms with Gasteiger partial charge in [0.05, 0.1) is 0 Å². The van der Waals surface area contributed by atoms with E-state index in [0.29, 0.717) is 0 Å². The van der Waals surface area contributed by atoms with E-state index in [9.17, 15) is 0 Å². The first-order valence-corrected chi connectivity index (χ1v) is 7.84. The average molecular weight is 281 g/mol. The monoisotopic (exact) mass is 281 g/mol. The molecule has 0 bridgehead atoms. The fourth-order valence-electron chi connectivity index (χ4n) is 3.16. The summed E-state index contributed by atoms with van der Waals surface area (Å²) < 4.78 is 0. The summed E-state index contributed by atoms with van der Waals surface area (Å²) in [6.45, 7) is 4.25. The highest BCUT2D eigenvalue weighted by atomic mass is 15.0. The van der Waals surface area contributed by atoms with Gasteiger partial charge < -0.3 is 5.32 Å². The molecule has 0 saturated heterocycles. The third kappa shape index (κ3) is 2.78. The molecule has 0 unspecified atom stereocenters. The zero-order valence-electron chi connectivity index (χ0n) is 13.2. The van der Waals surface area contributed by atoms with E-state index in [4.69, 9.17) is 9.97 Å². The van der Waals surface area contributed by atoms with Crippen molar-refractivity contribution in [3.8, 4) is 11.4 Å². The van der Waals surface area contributed by atoms with Gasteiger partial charge in [0, 0.05) is 23.9 Å². The van der Waals surface area contributed by atoms with Gasteiger partial charge in [-0.05, 0) is 45.1 Å². The number of aryl methyl sites for hydroxylation is 3. The first-order valence-electron chi connectivity index (χ1n) is 7.84. The van der Waals surface area contributed by atoms with Crippen LogP contribution in [0.1, 0.15) is 41.6 Å². The van der Waals surface area contributed by atoms with Crippen LogP contribution in [0, 0.1) is 13.8 Å². The molecule has 0 spiro atoms. The van der Waals surface area contributed by atoms with Crippen molar-refractivity contribution in [2.75, 3.05) is 12.4 Å². The highest BCUT2D eigenvalue weighted by molar-refractivity contribution is 5.64. The predicted molar refractivity (Wildman–Crippen MR) is 87.7 cm³/mol. The van der Waals surface area contributed by atoms with Crippen molar-refractivity contribution in [1.82, 2.24) is 9.97 Å². The van der Waals surface area contributed by atoms with Gasteiger partial charge in [0.1, 0.15) is 5.82 Å². The molecule has 0 saturated carbocycles. The quantitative estimate of drug-likeness (QED) is 0.843. The van der Waals surface area contributed by atoms with Gasteiger partial charge in [-0.3, -0.25) is 0 Å². The van der Waals surface area contributed by atoms with Crippen molar-refractivity contribution < 1.29 is 0 Å². The number of rotatable bonds is 2. The minimum atomic E-state index is 0.859. The molecule has 0 radical (unpaired) electrons. The van der Waals surface area contributed by atoms with Gasteiger partial charge in [-0.25, -0.2) is 9.97 Å². The number of hydrogen-bond acceptors (Lipinski definition) is 3. The molecule has 1 aromatic heterocycles. The Labute approximate surface area is 126 Å². The summed E-state index contributed by atoms with van der Waals surface area (Å²) in [5.74, 6) is 1.87. The van der Waals surface area contributed by atoms with Crippen LogP contribution in [0.25, 0.3) is 11.4 Å². The van der Waals surface area contributed by atoms with Crippen LogP contribution in [0.15, 0.2) is 18.2 Å². The lowest BCUT2D eigenvalue weighted by molar-refractivity contribution is 0.709. The summed E-state index contributed by atoms with van der Waals surface area (Å²) in [4.78, 5) is 9.68. The van der Waals surface area contributed by atoms with E-state index in [0.717, 1.165) is 30.0 Å². The molecule has 110 valence electrons. The van der Waals surface area contributed by atoms with Gasteiger partial charge in [-0.1, -0.05) is 30.2 Å². The number of nitrogens with zero attached hydrogens (tertiary/aromatic N) is 2. The summed E-state index contributed by atoms with van der Waals surface area (Å²) in [6, 6.07) is 6.47. The van der Waals surface area contributed by atoms with E-state index in [1.807, 2.05) is 7.05 Å². The van der Waals surface area contributed by atoms with Gasteiger partial charge in [0.25, 0.3) is 0 Å². The molecule has 0 fully saturated rings. The van der Waals surface area contributed by atoms with Crippen molar-refractivity contribution in [1.29, 1.82) is 0 Å². The maximum Gasteiger partial charge on any atom is 0.162 e. The van der Waals surface area contributed by atoms with E-state index in [2.05, 4.69) is 37.4 Å². The van der Waals surface area contributed by atoms with Crippen molar-refractivity contribution in [3.05, 3.63) is 40.6 Å². The summed E-state index contributed by atoms with van der Waals surface area (Å²) in [5, 5.41) is 3.27. The van der Waals surface area contributed by atoms with E-state index in [1.165, 1.54) is 41.6 Å². The zero-order chi connectivity index (χ0) is 14.8. The standard InChI is InChI=1S/C18H23N3/c1-12-9-10-14(13(2)11-12)18-20-16-8-6-4-5-7-15(16)17(19-3)21-18/h9-11H,4-8H2,1-3H3,(H,19,20,21). The van der Waals surface area contributed by atoms with Crippen molar-refractivity contribution >= 4 is 5.82 Å². The van der Waals surface area contributed by atoms with Gasteiger partial charge in [-0.2, -0.15) is 0 Å². The van der Waals surface area contributed by atoms with Gasteiger partial charge in [0.15, 0.2) is 5.82 Å². The van der Waals surface area contributed by atoms with E-state index in [1.54, 1.807) is 0 Å². The second-order valence-corrected chi connectivity index (χ2v) is 5.95.